The molecule has 6 nitrogen and oxygen atoms in total. The number of benzene rings is 1. The van der Waals surface area contributed by atoms with Crippen molar-refractivity contribution in [2.45, 2.75) is 64.1 Å². The second kappa shape index (κ2) is 8.08. The van der Waals surface area contributed by atoms with Gasteiger partial charge >= 0.3 is 0 Å². The topological polar surface area (TPSA) is 81.7 Å². The lowest BCUT2D eigenvalue weighted by Gasteiger charge is -2.29. The molecule has 0 bridgehead atoms. The Labute approximate surface area is 155 Å². The molecular weight excluding hydrogens is 330 g/mol. The number of rotatable bonds is 5. The fraction of sp³-hybridized carbons (Fsp3) is 0.600. The number of phenolic OH excluding ortho intramolecular Hbond substituents is 1. The highest BCUT2D eigenvalue weighted by atomic mass is 16.3. The summed E-state index contributed by atoms with van der Waals surface area (Å²) in [5, 5.41) is 15.8. The minimum atomic E-state index is -0.189. The predicted molar refractivity (Wildman–Crippen MR) is 100 cm³/mol. The van der Waals surface area contributed by atoms with Crippen molar-refractivity contribution in [3.63, 3.8) is 0 Å². The molecule has 0 unspecified atom stereocenters. The molecule has 0 radical (unpaired) electrons. The summed E-state index contributed by atoms with van der Waals surface area (Å²) >= 11 is 0. The lowest BCUT2D eigenvalue weighted by atomic mass is 10.1. The van der Waals surface area contributed by atoms with E-state index in [0.717, 1.165) is 12.8 Å². The molecule has 142 valence electrons. The highest BCUT2D eigenvalue weighted by Crippen LogP contribution is 2.30. The molecule has 2 atom stereocenters. The molecule has 3 N–H and O–H groups in total. The number of phenols is 1. The Hall–Kier alpha value is -2.08. The van der Waals surface area contributed by atoms with Gasteiger partial charge < -0.3 is 15.7 Å². The van der Waals surface area contributed by atoms with Crippen molar-refractivity contribution < 1.29 is 14.7 Å². The van der Waals surface area contributed by atoms with Gasteiger partial charge in [0.25, 0.3) is 5.91 Å². The van der Waals surface area contributed by atoms with E-state index >= 15 is 0 Å². The molecule has 2 aliphatic rings. The van der Waals surface area contributed by atoms with Crippen LogP contribution in [-0.2, 0) is 4.79 Å². The van der Waals surface area contributed by atoms with Crippen LogP contribution in [0.5, 0.6) is 5.75 Å². The molecule has 1 saturated carbocycles. The van der Waals surface area contributed by atoms with Crippen LogP contribution in [0.15, 0.2) is 18.2 Å². The number of likely N-dealkylation sites (tertiary alicyclic amines) is 1. The first kappa shape index (κ1) is 18.7. The van der Waals surface area contributed by atoms with Gasteiger partial charge in [0.15, 0.2) is 0 Å². The largest absolute Gasteiger partial charge is 0.508 e. The molecule has 3 rings (SSSR count). The zero-order valence-corrected chi connectivity index (χ0v) is 15.6. The number of aromatic hydroxyl groups is 1. The number of hydrogen-bond acceptors (Lipinski definition) is 4. The Bertz CT molecular complexity index is 670. The molecule has 1 aliphatic heterocycles. The minimum absolute atomic E-state index is 0.0579. The molecular formula is C20H29N3O3. The molecule has 1 aromatic rings. The average molecular weight is 359 g/mol. The van der Waals surface area contributed by atoms with Crippen molar-refractivity contribution in [2.75, 3.05) is 13.1 Å². The van der Waals surface area contributed by atoms with Gasteiger partial charge in [0.05, 0.1) is 6.04 Å². The van der Waals surface area contributed by atoms with Gasteiger partial charge in [-0.2, -0.15) is 0 Å². The smallest absolute Gasteiger partial charge is 0.251 e. The number of amides is 2. The van der Waals surface area contributed by atoms with Gasteiger partial charge in [-0.05, 0) is 45.2 Å². The number of carbonyl (C=O) groups excluding carboxylic acids is 2. The van der Waals surface area contributed by atoms with E-state index in [1.54, 1.807) is 25.1 Å². The first-order valence-electron chi connectivity index (χ1n) is 9.64. The van der Waals surface area contributed by atoms with Crippen LogP contribution in [0.4, 0.5) is 0 Å². The molecule has 2 fully saturated rings. The van der Waals surface area contributed by atoms with Crippen LogP contribution in [0.2, 0.25) is 0 Å². The maximum atomic E-state index is 12.7. The van der Waals surface area contributed by atoms with Gasteiger partial charge in [-0.15, -0.1) is 0 Å². The molecule has 26 heavy (non-hydrogen) atoms. The second-order valence-corrected chi connectivity index (χ2v) is 7.40. The Balaban J connectivity index is 1.71. The van der Waals surface area contributed by atoms with Crippen LogP contribution in [0.3, 0.4) is 0 Å². The summed E-state index contributed by atoms with van der Waals surface area (Å²) in [6.45, 7) is 4.99. The second-order valence-electron chi connectivity index (χ2n) is 7.40. The fourth-order valence-electron chi connectivity index (χ4n) is 4.29. The molecule has 1 aliphatic carbocycles. The third-order valence-corrected chi connectivity index (χ3v) is 5.67. The van der Waals surface area contributed by atoms with Gasteiger partial charge in [-0.25, -0.2) is 0 Å². The van der Waals surface area contributed by atoms with Crippen LogP contribution in [0.25, 0.3) is 0 Å². The van der Waals surface area contributed by atoms with Crippen LogP contribution in [0, 0.1) is 6.92 Å². The van der Waals surface area contributed by atoms with Gasteiger partial charge in [0, 0.05) is 36.3 Å². The van der Waals surface area contributed by atoms with Gasteiger partial charge in [-0.3, -0.25) is 14.5 Å². The minimum Gasteiger partial charge on any atom is -0.508 e. The fourth-order valence-corrected chi connectivity index (χ4v) is 4.29. The molecule has 0 aromatic heterocycles. The van der Waals surface area contributed by atoms with Crippen molar-refractivity contribution in [2.24, 2.45) is 0 Å². The molecule has 1 heterocycles. The van der Waals surface area contributed by atoms with E-state index in [0.29, 0.717) is 36.7 Å². The zero-order valence-electron chi connectivity index (χ0n) is 15.6. The molecule has 0 spiro atoms. The van der Waals surface area contributed by atoms with Crippen LogP contribution in [-0.4, -0.2) is 53.0 Å². The average Bonchev–Trinajstić information content (AvgIpc) is 3.26. The number of nitrogens with one attached hydrogen (secondary N) is 2. The summed E-state index contributed by atoms with van der Waals surface area (Å²) < 4.78 is 0. The first-order valence-corrected chi connectivity index (χ1v) is 9.64. The predicted octanol–water partition coefficient (Wildman–Crippen LogP) is 1.95. The monoisotopic (exact) mass is 359 g/mol. The van der Waals surface area contributed by atoms with Crippen molar-refractivity contribution in [3.8, 4) is 5.75 Å². The van der Waals surface area contributed by atoms with Crippen molar-refractivity contribution >= 4 is 11.8 Å². The van der Waals surface area contributed by atoms with Crippen molar-refractivity contribution in [1.29, 1.82) is 0 Å². The normalized spacial score (nSPS) is 23.9. The van der Waals surface area contributed by atoms with Gasteiger partial charge in [-0.1, -0.05) is 18.9 Å². The molecule has 6 heteroatoms. The van der Waals surface area contributed by atoms with E-state index in [4.69, 9.17) is 0 Å². The van der Waals surface area contributed by atoms with E-state index in [1.807, 2.05) is 6.92 Å². The highest BCUT2D eigenvalue weighted by molar-refractivity contribution is 5.96. The van der Waals surface area contributed by atoms with E-state index < -0.39 is 0 Å². The number of likely N-dealkylation sites (N-methyl/N-ethyl adjacent to an activating group) is 1. The summed E-state index contributed by atoms with van der Waals surface area (Å²) in [7, 11) is 0. The molecule has 1 saturated heterocycles. The maximum Gasteiger partial charge on any atom is 0.251 e. The Kier molecular flexibility index (Phi) is 5.81. The number of carbonyl (C=O) groups is 2. The lowest BCUT2D eigenvalue weighted by molar-refractivity contribution is -0.126. The van der Waals surface area contributed by atoms with Crippen molar-refractivity contribution in [3.05, 3.63) is 29.3 Å². The summed E-state index contributed by atoms with van der Waals surface area (Å²) in [6.07, 6.45) is 5.31. The molecule has 1 aromatic carbocycles. The summed E-state index contributed by atoms with van der Waals surface area (Å²) in [6, 6.07) is 5.18. The van der Waals surface area contributed by atoms with Gasteiger partial charge in [0.1, 0.15) is 5.75 Å². The Morgan fingerprint density at radius 2 is 2.00 bits per heavy atom. The van der Waals surface area contributed by atoms with Gasteiger partial charge in [0.2, 0.25) is 5.91 Å². The van der Waals surface area contributed by atoms with Crippen LogP contribution < -0.4 is 10.6 Å². The Morgan fingerprint density at radius 3 is 2.69 bits per heavy atom. The number of hydrogen-bond donors (Lipinski definition) is 3. The quantitative estimate of drug-likeness (QED) is 0.751. The third-order valence-electron chi connectivity index (χ3n) is 5.67. The van der Waals surface area contributed by atoms with E-state index in [9.17, 15) is 14.7 Å². The standard InChI is InChI=1S/C20H29N3O3/c1-3-21-20(26)17-11-14(12-23(17)15-7-4-5-8-15)22-19(25)16-9-6-10-18(24)13(16)2/h6,9-10,14-15,17,24H,3-5,7-8,11-12H2,1-2H3,(H,21,26)(H,22,25)/t14-,17-/m0/s1. The lowest BCUT2D eigenvalue weighted by Crippen LogP contribution is -2.47. The first-order chi connectivity index (χ1) is 12.5. The SMILES string of the molecule is CCNC(=O)[C@@H]1C[C@H](NC(=O)c2cccc(O)c2C)CN1C1CCCC1. The van der Waals surface area contributed by atoms with Crippen LogP contribution in [0.1, 0.15) is 54.9 Å². The number of nitrogens with zero attached hydrogens (tertiary/aromatic N) is 1. The van der Waals surface area contributed by atoms with Crippen LogP contribution >= 0.6 is 0 Å². The zero-order chi connectivity index (χ0) is 18.7. The summed E-state index contributed by atoms with van der Waals surface area (Å²) in [5.41, 5.74) is 1.06. The van der Waals surface area contributed by atoms with E-state index in [2.05, 4.69) is 15.5 Å². The maximum absolute atomic E-state index is 12.7. The highest BCUT2D eigenvalue weighted by Gasteiger charge is 2.41. The molecule has 2 amide bonds. The van der Waals surface area contributed by atoms with Crippen molar-refractivity contribution in [1.82, 2.24) is 15.5 Å². The third kappa shape index (κ3) is 3.85. The summed E-state index contributed by atoms with van der Waals surface area (Å²) in [4.78, 5) is 27.5. The Morgan fingerprint density at radius 1 is 1.27 bits per heavy atom. The van der Waals surface area contributed by atoms with E-state index in [-0.39, 0.29) is 29.6 Å². The van der Waals surface area contributed by atoms with E-state index in [1.165, 1.54) is 12.8 Å². The summed E-state index contributed by atoms with van der Waals surface area (Å²) in [5.74, 6) is -0.00661.